The minimum absolute atomic E-state index is 0.882. The lowest BCUT2D eigenvalue weighted by atomic mass is 10.0. The number of hydrogen-bond acceptors (Lipinski definition) is 2. The first-order valence-electron chi connectivity index (χ1n) is 12.2. The number of benzene rings is 6. The Morgan fingerprint density at radius 2 is 1.14 bits per heavy atom. The van der Waals surface area contributed by atoms with Crippen LogP contribution in [0.4, 0.5) is 11.4 Å². The third-order valence-electron chi connectivity index (χ3n) is 6.85. The summed E-state index contributed by atoms with van der Waals surface area (Å²) in [4.78, 5) is 0. The number of rotatable bonds is 4. The van der Waals surface area contributed by atoms with E-state index < -0.39 is 0 Å². The van der Waals surface area contributed by atoms with Crippen molar-refractivity contribution in [2.75, 3.05) is 5.32 Å². The Morgan fingerprint density at radius 3 is 2.00 bits per heavy atom. The Morgan fingerprint density at radius 1 is 0.444 bits per heavy atom. The maximum Gasteiger partial charge on any atom is 0.137 e. The lowest BCUT2D eigenvalue weighted by Gasteiger charge is -2.10. The molecule has 1 aromatic heterocycles. The molecule has 0 saturated heterocycles. The zero-order valence-electron chi connectivity index (χ0n) is 19.6. The molecule has 0 fully saturated rings. The Balaban J connectivity index is 1.25. The maximum absolute atomic E-state index is 6.19. The number of nitrogens with one attached hydrogen (secondary N) is 1. The van der Waals surface area contributed by atoms with Crippen LogP contribution in [-0.2, 0) is 0 Å². The molecule has 0 aliphatic rings. The molecule has 2 heteroatoms. The van der Waals surface area contributed by atoms with Crippen molar-refractivity contribution in [2.24, 2.45) is 0 Å². The smallest absolute Gasteiger partial charge is 0.137 e. The van der Waals surface area contributed by atoms with Gasteiger partial charge in [0.1, 0.15) is 11.2 Å². The lowest BCUT2D eigenvalue weighted by Crippen LogP contribution is -1.91. The average Bonchev–Trinajstić information content (AvgIpc) is 3.32. The van der Waals surface area contributed by atoms with Crippen LogP contribution in [0.1, 0.15) is 0 Å². The summed E-state index contributed by atoms with van der Waals surface area (Å²) in [5.74, 6) is 0. The van der Waals surface area contributed by atoms with Crippen molar-refractivity contribution in [2.45, 2.75) is 0 Å². The van der Waals surface area contributed by atoms with Gasteiger partial charge in [-0.2, -0.15) is 0 Å². The summed E-state index contributed by atoms with van der Waals surface area (Å²) in [5.41, 5.74) is 8.65. The number of hydrogen-bond donors (Lipinski definition) is 1. The molecule has 0 bridgehead atoms. The van der Waals surface area contributed by atoms with E-state index >= 15 is 0 Å². The Labute approximate surface area is 209 Å². The fourth-order valence-corrected chi connectivity index (χ4v) is 5.01. The molecule has 0 spiro atoms. The first-order chi connectivity index (χ1) is 17.8. The normalized spacial score (nSPS) is 11.3. The second-order valence-electron chi connectivity index (χ2n) is 9.12. The topological polar surface area (TPSA) is 25.2 Å². The Kier molecular flexibility index (Phi) is 4.82. The maximum atomic E-state index is 6.19. The zero-order chi connectivity index (χ0) is 23.9. The van der Waals surface area contributed by atoms with Crippen molar-refractivity contribution in [1.29, 1.82) is 0 Å². The van der Waals surface area contributed by atoms with Gasteiger partial charge >= 0.3 is 0 Å². The van der Waals surface area contributed by atoms with Crippen molar-refractivity contribution in [1.82, 2.24) is 0 Å². The fourth-order valence-electron chi connectivity index (χ4n) is 5.01. The Hall–Kier alpha value is -4.82. The van der Waals surface area contributed by atoms with Gasteiger partial charge in [0.25, 0.3) is 0 Å². The molecule has 0 aliphatic heterocycles. The van der Waals surface area contributed by atoms with Crippen LogP contribution in [0.2, 0.25) is 0 Å². The van der Waals surface area contributed by atoms with E-state index in [4.69, 9.17) is 4.42 Å². The van der Waals surface area contributed by atoms with Crippen LogP contribution in [0, 0.1) is 0 Å². The predicted octanol–water partition coefficient (Wildman–Crippen LogP) is 9.82. The fraction of sp³-hybridized carbons (Fsp3) is 0. The average molecular weight is 462 g/mol. The molecule has 2 nitrogen and oxygen atoms in total. The monoisotopic (exact) mass is 461 g/mol. The van der Waals surface area contributed by atoms with Gasteiger partial charge in [-0.25, -0.2) is 0 Å². The summed E-state index contributed by atoms with van der Waals surface area (Å²) in [7, 11) is 0. The molecule has 0 amide bonds. The molecule has 36 heavy (non-hydrogen) atoms. The number of fused-ring (bicyclic) bond motifs is 4. The largest absolute Gasteiger partial charge is 0.456 e. The quantitative estimate of drug-likeness (QED) is 0.282. The highest BCUT2D eigenvalue weighted by Crippen LogP contribution is 2.38. The number of anilines is 2. The second-order valence-corrected chi connectivity index (χ2v) is 9.12. The zero-order valence-corrected chi connectivity index (χ0v) is 19.6. The van der Waals surface area contributed by atoms with E-state index in [0.29, 0.717) is 0 Å². The van der Waals surface area contributed by atoms with Crippen LogP contribution in [0.3, 0.4) is 0 Å². The van der Waals surface area contributed by atoms with Gasteiger partial charge in [0.05, 0.1) is 11.1 Å². The van der Waals surface area contributed by atoms with Crippen LogP contribution in [0.5, 0.6) is 0 Å². The van der Waals surface area contributed by atoms with E-state index in [1.165, 1.54) is 33.0 Å². The molecule has 0 radical (unpaired) electrons. The second kappa shape index (κ2) is 8.44. The van der Waals surface area contributed by atoms with E-state index in [2.05, 4.69) is 121 Å². The molecule has 6 aromatic carbocycles. The summed E-state index contributed by atoms with van der Waals surface area (Å²) in [6, 6.07) is 46.8. The van der Waals surface area contributed by atoms with Crippen LogP contribution < -0.4 is 5.32 Å². The molecular weight excluding hydrogens is 438 g/mol. The van der Waals surface area contributed by atoms with Crippen molar-refractivity contribution >= 4 is 44.1 Å². The Bertz CT molecular complexity index is 1850. The molecule has 1 heterocycles. The lowest BCUT2D eigenvalue weighted by molar-refractivity contribution is 0.669. The third kappa shape index (κ3) is 3.60. The van der Waals surface area contributed by atoms with E-state index in [0.717, 1.165) is 33.3 Å². The molecule has 7 rings (SSSR count). The van der Waals surface area contributed by atoms with Gasteiger partial charge in [-0.3, -0.25) is 0 Å². The molecule has 0 saturated carbocycles. The molecule has 1 N–H and O–H groups in total. The molecular formula is C34H23NO. The summed E-state index contributed by atoms with van der Waals surface area (Å²) >= 11 is 0. The van der Waals surface area contributed by atoms with E-state index in [1.54, 1.807) is 0 Å². The highest BCUT2D eigenvalue weighted by molar-refractivity contribution is 6.13. The van der Waals surface area contributed by atoms with Gasteiger partial charge in [0.2, 0.25) is 0 Å². The van der Waals surface area contributed by atoms with Crippen LogP contribution in [0.15, 0.2) is 138 Å². The van der Waals surface area contributed by atoms with E-state index in [1.807, 2.05) is 18.2 Å². The van der Waals surface area contributed by atoms with Gasteiger partial charge < -0.3 is 9.73 Å². The summed E-state index contributed by atoms with van der Waals surface area (Å²) < 4.78 is 6.19. The van der Waals surface area contributed by atoms with Gasteiger partial charge in [0, 0.05) is 11.1 Å². The van der Waals surface area contributed by atoms with Crippen molar-refractivity contribution in [3.05, 3.63) is 133 Å². The highest BCUT2D eigenvalue weighted by Gasteiger charge is 2.13. The minimum atomic E-state index is 0.882. The summed E-state index contributed by atoms with van der Waals surface area (Å²) in [6.45, 7) is 0. The van der Waals surface area contributed by atoms with Crippen LogP contribution >= 0.6 is 0 Å². The molecule has 170 valence electrons. The highest BCUT2D eigenvalue weighted by atomic mass is 16.3. The summed E-state index contributed by atoms with van der Waals surface area (Å²) in [6.07, 6.45) is 0. The van der Waals surface area contributed by atoms with Crippen LogP contribution in [0.25, 0.3) is 55.0 Å². The van der Waals surface area contributed by atoms with Gasteiger partial charge in [-0.15, -0.1) is 0 Å². The SMILES string of the molecule is c1ccc(-c2ccc3oc4cccc(Nc5ccc(-c6ccc7ccccc7c6)cc5)c4c3c2)cc1. The van der Waals surface area contributed by atoms with Crippen molar-refractivity contribution in [3.63, 3.8) is 0 Å². The standard InChI is InChI=1S/C34H23NO/c1-2-7-23(8-3-1)28-17-20-32-30(22-28)34-31(11-6-12-33(34)36-32)35-29-18-15-25(16-19-29)27-14-13-24-9-4-5-10-26(24)21-27/h1-22,35H. The van der Waals surface area contributed by atoms with E-state index in [-0.39, 0.29) is 0 Å². The predicted molar refractivity (Wildman–Crippen MR) is 152 cm³/mol. The van der Waals surface area contributed by atoms with E-state index in [9.17, 15) is 0 Å². The summed E-state index contributed by atoms with van der Waals surface area (Å²) in [5, 5.41) is 8.36. The first-order valence-corrected chi connectivity index (χ1v) is 12.2. The minimum Gasteiger partial charge on any atom is -0.456 e. The van der Waals surface area contributed by atoms with Crippen molar-refractivity contribution in [3.8, 4) is 22.3 Å². The van der Waals surface area contributed by atoms with Crippen LogP contribution in [-0.4, -0.2) is 0 Å². The molecule has 0 atom stereocenters. The van der Waals surface area contributed by atoms with Gasteiger partial charge in [0.15, 0.2) is 0 Å². The van der Waals surface area contributed by atoms with Gasteiger partial charge in [-0.05, 0) is 75.5 Å². The van der Waals surface area contributed by atoms with Gasteiger partial charge in [-0.1, -0.05) is 91.0 Å². The molecule has 0 unspecified atom stereocenters. The first kappa shape index (κ1) is 20.5. The van der Waals surface area contributed by atoms with Crippen molar-refractivity contribution < 1.29 is 4.42 Å². The molecule has 0 aliphatic carbocycles. The molecule has 7 aromatic rings. The number of furan rings is 1. The third-order valence-corrected chi connectivity index (χ3v) is 6.85.